The molecule has 0 spiro atoms. The van der Waals surface area contributed by atoms with Gasteiger partial charge in [-0.2, -0.15) is 0 Å². The number of halogens is 1. The van der Waals surface area contributed by atoms with Crippen LogP contribution < -0.4 is 12.4 Å². The quantitative estimate of drug-likeness (QED) is 0.270. The van der Waals surface area contributed by atoms with Crippen LogP contribution in [0.3, 0.4) is 0 Å². The highest BCUT2D eigenvalue weighted by Crippen LogP contribution is 2.16. The molecular formula is C18H38ClNO. The van der Waals surface area contributed by atoms with Crippen molar-refractivity contribution < 1.29 is 21.6 Å². The third-order valence-electron chi connectivity index (χ3n) is 4.58. The number of hydrogen-bond donors (Lipinski definition) is 0. The van der Waals surface area contributed by atoms with Gasteiger partial charge in [0.1, 0.15) is 0 Å². The highest BCUT2D eigenvalue weighted by atomic mass is 35.5. The molecule has 0 aromatic rings. The Labute approximate surface area is 139 Å². The zero-order valence-corrected chi connectivity index (χ0v) is 15.5. The third kappa shape index (κ3) is 13.6. The molecule has 1 fully saturated rings. The Bertz CT molecular complexity index is 229. The molecule has 3 heteroatoms. The molecule has 0 bridgehead atoms. The van der Waals surface area contributed by atoms with Crippen molar-refractivity contribution >= 4 is 0 Å². The lowest BCUT2D eigenvalue weighted by atomic mass is 10.1. The summed E-state index contributed by atoms with van der Waals surface area (Å²) in [6.45, 7) is 5.92. The molecule has 2 nitrogen and oxygen atoms in total. The molecule has 0 radical (unpaired) electrons. The molecule has 1 saturated heterocycles. The van der Waals surface area contributed by atoms with Crippen LogP contribution in [0.5, 0.6) is 0 Å². The first-order valence-corrected chi connectivity index (χ1v) is 9.07. The van der Waals surface area contributed by atoms with Gasteiger partial charge < -0.3 is 21.6 Å². The Hall–Kier alpha value is 0.210. The van der Waals surface area contributed by atoms with Crippen molar-refractivity contribution in [3.63, 3.8) is 0 Å². The Morgan fingerprint density at radius 2 is 1.29 bits per heavy atom. The van der Waals surface area contributed by atoms with Crippen LogP contribution in [0.2, 0.25) is 0 Å². The summed E-state index contributed by atoms with van der Waals surface area (Å²) in [6, 6.07) is 0. The molecule has 0 aromatic carbocycles. The average molecular weight is 320 g/mol. The van der Waals surface area contributed by atoms with Gasteiger partial charge in [0.25, 0.3) is 0 Å². The van der Waals surface area contributed by atoms with Crippen LogP contribution in [0, 0.1) is 0 Å². The van der Waals surface area contributed by atoms with Gasteiger partial charge in [0.15, 0.2) is 0 Å². The fourth-order valence-corrected chi connectivity index (χ4v) is 2.87. The first-order valence-electron chi connectivity index (χ1n) is 9.07. The number of hydrogen-bond acceptors (Lipinski definition) is 1. The van der Waals surface area contributed by atoms with Crippen molar-refractivity contribution in [2.45, 2.75) is 83.7 Å². The van der Waals surface area contributed by atoms with Crippen LogP contribution in [0.25, 0.3) is 0 Å². The van der Waals surface area contributed by atoms with E-state index in [9.17, 15) is 0 Å². The van der Waals surface area contributed by atoms with E-state index in [2.05, 4.69) is 21.0 Å². The number of epoxide rings is 1. The minimum Gasteiger partial charge on any atom is -1.00 e. The maximum Gasteiger partial charge on any atom is 0.0863 e. The summed E-state index contributed by atoms with van der Waals surface area (Å²) in [5.74, 6) is 0. The fraction of sp³-hybridized carbons (Fsp3) is 1.00. The van der Waals surface area contributed by atoms with E-state index in [1.807, 2.05) is 0 Å². The van der Waals surface area contributed by atoms with Crippen LogP contribution >= 0.6 is 0 Å². The van der Waals surface area contributed by atoms with Crippen molar-refractivity contribution in [1.82, 2.24) is 0 Å². The van der Waals surface area contributed by atoms with Crippen molar-refractivity contribution in [3.8, 4) is 0 Å². The molecule has 0 aromatic heterocycles. The van der Waals surface area contributed by atoms with Gasteiger partial charge in [-0.15, -0.1) is 0 Å². The van der Waals surface area contributed by atoms with Gasteiger partial charge in [-0.05, 0) is 12.8 Å². The number of quaternary nitrogens is 1. The van der Waals surface area contributed by atoms with Crippen LogP contribution in [-0.2, 0) is 4.74 Å². The first-order chi connectivity index (χ1) is 9.64. The van der Waals surface area contributed by atoms with Gasteiger partial charge in [-0.1, -0.05) is 58.3 Å². The summed E-state index contributed by atoms with van der Waals surface area (Å²) < 4.78 is 6.48. The van der Waals surface area contributed by atoms with E-state index in [0.29, 0.717) is 6.10 Å². The largest absolute Gasteiger partial charge is 1.00 e. The minimum absolute atomic E-state index is 0. The smallest absolute Gasteiger partial charge is 0.0863 e. The Kier molecular flexibility index (Phi) is 12.9. The van der Waals surface area contributed by atoms with Crippen LogP contribution in [0.15, 0.2) is 0 Å². The molecule has 21 heavy (non-hydrogen) atoms. The zero-order valence-electron chi connectivity index (χ0n) is 14.7. The fourth-order valence-electron chi connectivity index (χ4n) is 2.87. The Morgan fingerprint density at radius 1 is 0.810 bits per heavy atom. The summed E-state index contributed by atoms with van der Waals surface area (Å²) in [5, 5.41) is 0. The second-order valence-corrected chi connectivity index (χ2v) is 7.31. The van der Waals surface area contributed by atoms with E-state index in [1.165, 1.54) is 88.2 Å². The van der Waals surface area contributed by atoms with Crippen molar-refractivity contribution in [2.75, 3.05) is 33.8 Å². The van der Waals surface area contributed by atoms with Gasteiger partial charge in [0, 0.05) is 6.42 Å². The highest BCUT2D eigenvalue weighted by Gasteiger charge is 2.26. The standard InChI is InChI=1S/C18H38NO.ClH/c1-4-5-6-7-8-9-10-11-12-13-15-19(2,3)16-14-18-17-20-18;/h18H,4-17H2,1-3H3;1H/q+1;/p-1. The zero-order chi connectivity index (χ0) is 14.7. The minimum atomic E-state index is 0. The maximum atomic E-state index is 5.30. The molecule has 128 valence electrons. The summed E-state index contributed by atoms with van der Waals surface area (Å²) in [7, 11) is 4.74. The van der Waals surface area contributed by atoms with Crippen LogP contribution in [0.4, 0.5) is 0 Å². The van der Waals surface area contributed by atoms with Gasteiger partial charge in [-0.25, -0.2) is 0 Å². The normalized spacial score (nSPS) is 17.6. The van der Waals surface area contributed by atoms with E-state index >= 15 is 0 Å². The van der Waals surface area contributed by atoms with Crippen molar-refractivity contribution in [2.24, 2.45) is 0 Å². The number of ether oxygens (including phenoxy) is 1. The summed E-state index contributed by atoms with van der Waals surface area (Å²) in [5.41, 5.74) is 0. The summed E-state index contributed by atoms with van der Waals surface area (Å²) >= 11 is 0. The van der Waals surface area contributed by atoms with E-state index in [0.717, 1.165) is 6.61 Å². The molecule has 0 aliphatic carbocycles. The van der Waals surface area contributed by atoms with Gasteiger partial charge >= 0.3 is 0 Å². The first kappa shape index (κ1) is 21.2. The lowest BCUT2D eigenvalue weighted by Crippen LogP contribution is -3.00. The van der Waals surface area contributed by atoms with Gasteiger partial charge in [-0.3, -0.25) is 0 Å². The predicted octanol–water partition coefficient (Wildman–Crippen LogP) is 1.78. The summed E-state index contributed by atoms with van der Waals surface area (Å²) in [6.07, 6.45) is 16.2. The Balaban J connectivity index is 0.00000400. The lowest BCUT2D eigenvalue weighted by Gasteiger charge is -2.29. The molecule has 0 amide bonds. The lowest BCUT2D eigenvalue weighted by molar-refractivity contribution is -0.890. The van der Waals surface area contributed by atoms with E-state index < -0.39 is 0 Å². The number of nitrogens with zero attached hydrogens (tertiary/aromatic N) is 1. The molecule has 0 saturated carbocycles. The van der Waals surface area contributed by atoms with E-state index in [1.54, 1.807) is 0 Å². The van der Waals surface area contributed by atoms with Gasteiger partial charge in [0.2, 0.25) is 0 Å². The molecule has 1 heterocycles. The molecule has 0 N–H and O–H groups in total. The number of rotatable bonds is 14. The SMILES string of the molecule is CCCCCCCCCCCC[N+](C)(C)CCC1CO1.[Cl-]. The second kappa shape index (κ2) is 12.7. The maximum absolute atomic E-state index is 5.30. The van der Waals surface area contributed by atoms with E-state index in [4.69, 9.17) is 4.74 Å². The van der Waals surface area contributed by atoms with Crippen molar-refractivity contribution in [3.05, 3.63) is 0 Å². The molecule has 1 unspecified atom stereocenters. The average Bonchev–Trinajstić information content (AvgIpc) is 3.23. The molecule has 1 aliphatic heterocycles. The predicted molar refractivity (Wildman–Crippen MR) is 88.0 cm³/mol. The number of unbranched alkanes of at least 4 members (excludes halogenated alkanes) is 9. The van der Waals surface area contributed by atoms with Gasteiger partial charge in [0.05, 0.1) is 39.9 Å². The van der Waals surface area contributed by atoms with Crippen molar-refractivity contribution in [1.29, 1.82) is 0 Å². The monoisotopic (exact) mass is 319 g/mol. The third-order valence-corrected chi connectivity index (χ3v) is 4.58. The molecule has 1 atom stereocenters. The molecule has 1 rings (SSSR count). The topological polar surface area (TPSA) is 12.5 Å². The van der Waals surface area contributed by atoms with Crippen LogP contribution in [0.1, 0.15) is 77.6 Å². The van der Waals surface area contributed by atoms with E-state index in [-0.39, 0.29) is 12.4 Å². The van der Waals surface area contributed by atoms with Crippen LogP contribution in [-0.4, -0.2) is 44.4 Å². The molecule has 1 aliphatic rings. The second-order valence-electron chi connectivity index (χ2n) is 7.31. The molecular weight excluding hydrogens is 282 g/mol. The highest BCUT2D eigenvalue weighted by molar-refractivity contribution is 4.67. The summed E-state index contributed by atoms with van der Waals surface area (Å²) in [4.78, 5) is 0. The Morgan fingerprint density at radius 3 is 1.76 bits per heavy atom.